The molecule has 0 bridgehead atoms. The van der Waals surface area contributed by atoms with E-state index in [2.05, 4.69) is 17.4 Å². The van der Waals surface area contributed by atoms with Gasteiger partial charge in [0.2, 0.25) is 0 Å². The smallest absolute Gasteiger partial charge is 0.463 e. The van der Waals surface area contributed by atoms with Crippen molar-refractivity contribution in [2.45, 2.75) is 43.4 Å². The number of ether oxygens (including phenoxy) is 1. The van der Waals surface area contributed by atoms with Gasteiger partial charge in [-0.25, -0.2) is 4.79 Å². The van der Waals surface area contributed by atoms with Crippen molar-refractivity contribution in [3.05, 3.63) is 53.6 Å². The molecule has 0 fully saturated rings. The third-order valence-electron chi connectivity index (χ3n) is 5.18. The lowest BCUT2D eigenvalue weighted by atomic mass is 10.1. The zero-order valence-corrected chi connectivity index (χ0v) is 19.5. The van der Waals surface area contributed by atoms with Crippen molar-refractivity contribution in [2.75, 3.05) is 26.3 Å². The van der Waals surface area contributed by atoms with Crippen molar-refractivity contribution in [3.8, 4) is 5.75 Å². The summed E-state index contributed by atoms with van der Waals surface area (Å²) >= 11 is 0.477. The summed E-state index contributed by atoms with van der Waals surface area (Å²) in [5, 5.41) is 12.0. The van der Waals surface area contributed by atoms with Gasteiger partial charge in [0.1, 0.15) is 0 Å². The average molecular weight is 488 g/mol. The molecule has 2 aromatic rings. The summed E-state index contributed by atoms with van der Waals surface area (Å²) in [7, 11) is 0. The van der Waals surface area contributed by atoms with Crippen LogP contribution in [0.1, 0.15) is 36.8 Å². The maximum absolute atomic E-state index is 13.7. The highest BCUT2D eigenvalue weighted by Gasteiger charge is 2.56. The number of benzene rings is 2. The molecular formula is C23H30ClF2N2O3S+. The van der Waals surface area contributed by atoms with Crippen LogP contribution in [0.15, 0.2) is 47.4 Å². The van der Waals surface area contributed by atoms with Crippen molar-refractivity contribution >= 4 is 35.1 Å². The Morgan fingerprint density at radius 3 is 2.47 bits per heavy atom. The Bertz CT molecular complexity index is 872. The van der Waals surface area contributed by atoms with Crippen molar-refractivity contribution in [1.29, 1.82) is 0 Å². The number of phenols is 1. The largest absolute Gasteiger partial charge is 0.502 e. The van der Waals surface area contributed by atoms with Crippen molar-refractivity contribution < 1.29 is 23.6 Å². The maximum Gasteiger partial charge on any atom is 0.463 e. The zero-order chi connectivity index (χ0) is 22.1. The van der Waals surface area contributed by atoms with Gasteiger partial charge in [-0.15, -0.1) is 12.4 Å². The molecule has 5 nitrogen and oxygen atoms in total. The molecule has 176 valence electrons. The van der Waals surface area contributed by atoms with Crippen LogP contribution in [0.5, 0.6) is 5.75 Å². The van der Waals surface area contributed by atoms with E-state index < -0.39 is 21.6 Å². The monoisotopic (exact) mass is 487 g/mol. The number of rotatable bonds is 13. The van der Waals surface area contributed by atoms with E-state index >= 15 is 0 Å². The minimum atomic E-state index is -2.90. The van der Waals surface area contributed by atoms with Crippen LogP contribution in [0.4, 0.5) is 19.4 Å². The fourth-order valence-corrected chi connectivity index (χ4v) is 4.42. The van der Waals surface area contributed by atoms with Crippen LogP contribution in [-0.2, 0) is 17.6 Å². The third kappa shape index (κ3) is 7.42. The van der Waals surface area contributed by atoms with Crippen LogP contribution in [0.3, 0.4) is 0 Å². The number of aromatic hydroxyl groups is 1. The topological polar surface area (TPSA) is 58.6 Å². The average Bonchev–Trinajstić information content (AvgIpc) is 2.98. The highest BCUT2D eigenvalue weighted by Crippen LogP contribution is 2.51. The quantitative estimate of drug-likeness (QED) is 0.265. The van der Waals surface area contributed by atoms with E-state index in [0.29, 0.717) is 24.7 Å². The predicted octanol–water partition coefficient (Wildman–Crippen LogP) is 6.07. The predicted molar refractivity (Wildman–Crippen MR) is 127 cm³/mol. The first kappa shape index (κ1) is 26.5. The SMILES string of the molecule is Cl.O=C1Sc2cc(CCNCCCCCCOCCc3ccccc3)cc(O)c2[N+]1(F)F. The molecule has 0 atom stereocenters. The van der Waals surface area contributed by atoms with Crippen LogP contribution < -0.4 is 10.2 Å². The first-order chi connectivity index (χ1) is 15.0. The molecule has 0 radical (unpaired) electrons. The van der Waals surface area contributed by atoms with Gasteiger partial charge in [-0.3, -0.25) is 0 Å². The van der Waals surface area contributed by atoms with Crippen LogP contribution in [-0.4, -0.2) is 36.6 Å². The molecule has 3 rings (SSSR count). The second kappa shape index (κ2) is 13.1. The number of quaternary nitrogens is 1. The van der Waals surface area contributed by atoms with Gasteiger partial charge in [0.15, 0.2) is 10.7 Å². The molecule has 0 saturated carbocycles. The van der Waals surface area contributed by atoms with E-state index in [9.17, 15) is 18.9 Å². The third-order valence-corrected chi connectivity index (χ3v) is 6.12. The van der Waals surface area contributed by atoms with Gasteiger partial charge < -0.3 is 15.2 Å². The number of hydrogen-bond acceptors (Lipinski definition) is 5. The summed E-state index contributed by atoms with van der Waals surface area (Å²) in [5.74, 6) is -0.526. The Morgan fingerprint density at radius 2 is 1.69 bits per heavy atom. The van der Waals surface area contributed by atoms with Gasteiger partial charge in [0, 0.05) is 18.4 Å². The standard InChI is InChI=1S/C23H28F2N2O3S.ClH/c24-27(25)22-20(28)16-19(17-21(22)31-23(27)29)10-13-26-12-6-1-2-7-14-30-15-11-18-8-4-3-5-9-18;/h3-5,8-9,16-17,26H,1-2,6-7,10-15H2;1H/p+1. The first-order valence-corrected chi connectivity index (χ1v) is 11.5. The highest BCUT2D eigenvalue weighted by atomic mass is 35.5. The Labute approximate surface area is 198 Å². The molecule has 32 heavy (non-hydrogen) atoms. The molecule has 1 aliphatic heterocycles. The molecule has 0 aromatic heterocycles. The fourth-order valence-electron chi connectivity index (χ4n) is 3.50. The number of nitrogens with zero attached hydrogens (tertiary/aromatic N) is 1. The number of unbranched alkanes of at least 4 members (excludes halogenated alkanes) is 3. The molecule has 1 aliphatic rings. The van der Waals surface area contributed by atoms with E-state index in [1.165, 1.54) is 11.6 Å². The Hall–Kier alpha value is -1.71. The molecule has 9 heteroatoms. The van der Waals surface area contributed by atoms with E-state index in [1.807, 2.05) is 18.2 Å². The van der Waals surface area contributed by atoms with Crippen LogP contribution in [0.25, 0.3) is 0 Å². The summed E-state index contributed by atoms with van der Waals surface area (Å²) in [4.78, 5) is 8.62. The molecule has 2 N–H and O–H groups in total. The number of amides is 1. The molecular weight excluding hydrogens is 458 g/mol. The number of hydrogen-bond donors (Lipinski definition) is 2. The highest BCUT2D eigenvalue weighted by molar-refractivity contribution is 8.14. The number of fused-ring (bicyclic) bond motifs is 1. The molecule has 0 spiro atoms. The molecule has 2 aromatic carbocycles. The van der Waals surface area contributed by atoms with E-state index in [1.54, 1.807) is 6.07 Å². The summed E-state index contributed by atoms with van der Waals surface area (Å²) in [5.41, 5.74) is 1.42. The second-order valence-electron chi connectivity index (χ2n) is 7.61. The summed E-state index contributed by atoms with van der Waals surface area (Å²) in [6.07, 6.45) is 5.92. The molecule has 1 amide bonds. The lowest BCUT2D eigenvalue weighted by molar-refractivity contribution is -0.0781. The number of carbonyl (C=O) groups is 1. The van der Waals surface area contributed by atoms with E-state index in [4.69, 9.17) is 4.74 Å². The van der Waals surface area contributed by atoms with Gasteiger partial charge in [-0.1, -0.05) is 43.2 Å². The van der Waals surface area contributed by atoms with Crippen LogP contribution in [0.2, 0.25) is 0 Å². The van der Waals surface area contributed by atoms with Gasteiger partial charge in [0.25, 0.3) is 5.69 Å². The lowest BCUT2D eigenvalue weighted by Gasteiger charge is -2.08. The summed E-state index contributed by atoms with van der Waals surface area (Å²) < 4.78 is 33.1. The van der Waals surface area contributed by atoms with Crippen LogP contribution >= 0.6 is 24.2 Å². The fraction of sp³-hybridized carbons (Fsp3) is 0.435. The maximum atomic E-state index is 13.7. The summed E-state index contributed by atoms with van der Waals surface area (Å²) in [6, 6.07) is 13.2. The van der Waals surface area contributed by atoms with Gasteiger partial charge in [-0.2, -0.15) is 0 Å². The molecule has 0 saturated heterocycles. The zero-order valence-electron chi connectivity index (χ0n) is 17.9. The Balaban J connectivity index is 0.00000363. The second-order valence-corrected chi connectivity index (χ2v) is 8.60. The van der Waals surface area contributed by atoms with Crippen molar-refractivity contribution in [3.63, 3.8) is 0 Å². The van der Waals surface area contributed by atoms with E-state index in [0.717, 1.165) is 57.4 Å². The van der Waals surface area contributed by atoms with E-state index in [-0.39, 0.29) is 17.3 Å². The number of nitrogens with one attached hydrogen (secondary N) is 1. The number of halogens is 3. The van der Waals surface area contributed by atoms with Crippen molar-refractivity contribution in [1.82, 2.24) is 10.2 Å². The van der Waals surface area contributed by atoms with Gasteiger partial charge in [-0.05, 0) is 62.0 Å². The van der Waals surface area contributed by atoms with Gasteiger partial charge >= 0.3 is 5.24 Å². The number of phenolic OH excluding ortho intramolecular Hbond substituents is 1. The van der Waals surface area contributed by atoms with Crippen LogP contribution in [0, 0.1) is 0 Å². The Morgan fingerprint density at radius 1 is 0.938 bits per heavy atom. The van der Waals surface area contributed by atoms with Crippen molar-refractivity contribution in [2.24, 2.45) is 0 Å². The Kier molecular flexibility index (Phi) is 10.9. The number of carbonyl (C=O) groups excluding carboxylic acids is 1. The molecule has 1 heterocycles. The lowest BCUT2D eigenvalue weighted by Crippen LogP contribution is -2.30. The minimum absolute atomic E-state index is 0. The number of thioether (sulfide) groups is 1. The first-order valence-electron chi connectivity index (χ1n) is 10.7. The summed E-state index contributed by atoms with van der Waals surface area (Å²) in [6.45, 7) is 3.12. The normalized spacial score (nSPS) is 14.2. The molecule has 0 unspecified atom stereocenters. The van der Waals surface area contributed by atoms with Gasteiger partial charge in [0.05, 0.1) is 20.5 Å². The molecule has 0 aliphatic carbocycles. The minimum Gasteiger partial charge on any atom is -0.502 e.